The highest BCUT2D eigenvalue weighted by molar-refractivity contribution is 6.32. The molecule has 0 aliphatic heterocycles. The number of hydrogen-bond acceptors (Lipinski definition) is 7. The van der Waals surface area contributed by atoms with Crippen LogP contribution in [-0.2, 0) is 4.74 Å². The summed E-state index contributed by atoms with van der Waals surface area (Å²) >= 11 is 6.33. The molecule has 10 nitrogen and oxygen atoms in total. The average molecular weight is 453 g/mol. The van der Waals surface area contributed by atoms with E-state index in [4.69, 9.17) is 16.3 Å². The average Bonchev–Trinajstić information content (AvgIpc) is 3.30. The van der Waals surface area contributed by atoms with Crippen molar-refractivity contribution in [1.29, 1.82) is 0 Å². The summed E-state index contributed by atoms with van der Waals surface area (Å²) in [6.07, 6.45) is 4.33. The second-order valence-electron chi connectivity index (χ2n) is 7.11. The third-order valence-electron chi connectivity index (χ3n) is 4.90. The molecular weight excluding hydrogens is 432 g/mol. The molecule has 0 aromatic carbocycles. The van der Waals surface area contributed by atoms with E-state index in [2.05, 4.69) is 35.8 Å². The summed E-state index contributed by atoms with van der Waals surface area (Å²) in [5.41, 5.74) is 4.47. The Morgan fingerprint density at radius 3 is 2.56 bits per heavy atom. The number of pyridine rings is 3. The lowest BCUT2D eigenvalue weighted by Crippen LogP contribution is -2.22. The third kappa shape index (κ3) is 4.23. The summed E-state index contributed by atoms with van der Waals surface area (Å²) in [6.45, 7) is 5.54. The maximum absolute atomic E-state index is 12.8. The summed E-state index contributed by atoms with van der Waals surface area (Å²) in [5, 5.41) is 14.0. The Morgan fingerprint density at radius 2 is 1.84 bits per heavy atom. The maximum Gasteiger partial charge on any atom is 0.323 e. The van der Waals surface area contributed by atoms with Gasteiger partial charge in [0.25, 0.3) is 0 Å². The van der Waals surface area contributed by atoms with Gasteiger partial charge < -0.3 is 15.4 Å². The van der Waals surface area contributed by atoms with Gasteiger partial charge in [0, 0.05) is 18.4 Å². The SMILES string of the molecule is CO[C@@H](C)c1c(NC(=O)Nc2cc(Cl)c(-n3nccn3)nc2C)cnc2ccc(C)nc12. The molecule has 0 spiro atoms. The van der Waals surface area contributed by atoms with E-state index >= 15 is 0 Å². The number of methoxy groups -OCH3 is 1. The number of aryl methyl sites for hydroxylation is 2. The monoisotopic (exact) mass is 452 g/mol. The number of ether oxygens (including phenoxy) is 1. The van der Waals surface area contributed by atoms with Crippen LogP contribution < -0.4 is 10.6 Å². The number of halogens is 1. The molecule has 2 amide bonds. The molecule has 4 heterocycles. The largest absolute Gasteiger partial charge is 0.377 e. The number of hydrogen-bond donors (Lipinski definition) is 2. The molecule has 1 atom stereocenters. The van der Waals surface area contributed by atoms with E-state index in [9.17, 15) is 4.79 Å². The second-order valence-corrected chi connectivity index (χ2v) is 7.52. The molecule has 4 rings (SSSR count). The van der Waals surface area contributed by atoms with Gasteiger partial charge in [-0.1, -0.05) is 11.6 Å². The first-order chi connectivity index (χ1) is 15.4. The van der Waals surface area contributed by atoms with Crippen molar-refractivity contribution in [3.63, 3.8) is 0 Å². The van der Waals surface area contributed by atoms with Crippen LogP contribution in [0.15, 0.2) is 36.8 Å². The lowest BCUT2D eigenvalue weighted by atomic mass is 10.1. The first kappa shape index (κ1) is 21.6. The van der Waals surface area contributed by atoms with Gasteiger partial charge in [-0.2, -0.15) is 10.2 Å². The van der Waals surface area contributed by atoms with E-state index in [1.54, 1.807) is 26.3 Å². The standard InChI is InChI=1S/C21H21ClN8O2/c1-11-5-6-15-19(26-11)18(13(3)32-4)17(10-23-15)29-21(31)28-16-9-14(22)20(27-12(16)2)30-24-7-8-25-30/h5-10,13H,1-4H3,(H2,28,29,31)/t13-/m0/s1. The van der Waals surface area contributed by atoms with E-state index in [-0.39, 0.29) is 6.10 Å². The zero-order valence-corrected chi connectivity index (χ0v) is 18.7. The maximum atomic E-state index is 12.8. The number of nitrogens with zero attached hydrogens (tertiary/aromatic N) is 6. The fourth-order valence-corrected chi connectivity index (χ4v) is 3.47. The molecule has 0 aliphatic rings. The number of anilines is 2. The van der Waals surface area contributed by atoms with Crippen molar-refractivity contribution >= 4 is 40.0 Å². The molecule has 0 saturated heterocycles. The van der Waals surface area contributed by atoms with Crippen LogP contribution in [0.4, 0.5) is 16.2 Å². The van der Waals surface area contributed by atoms with Crippen LogP contribution in [0.25, 0.3) is 16.9 Å². The minimum Gasteiger partial charge on any atom is -0.377 e. The molecule has 2 N–H and O–H groups in total. The minimum absolute atomic E-state index is 0.294. The number of rotatable bonds is 5. The van der Waals surface area contributed by atoms with Crippen molar-refractivity contribution in [2.24, 2.45) is 0 Å². The van der Waals surface area contributed by atoms with Crippen LogP contribution in [0.1, 0.15) is 30.0 Å². The van der Waals surface area contributed by atoms with Crippen molar-refractivity contribution in [2.75, 3.05) is 17.7 Å². The number of fused-ring (bicyclic) bond motifs is 1. The topological polar surface area (TPSA) is 120 Å². The van der Waals surface area contributed by atoms with Crippen LogP contribution in [0, 0.1) is 13.8 Å². The van der Waals surface area contributed by atoms with Crippen molar-refractivity contribution in [3.05, 3.63) is 58.8 Å². The van der Waals surface area contributed by atoms with E-state index in [0.717, 1.165) is 16.8 Å². The number of amides is 2. The quantitative estimate of drug-likeness (QED) is 0.465. The van der Waals surface area contributed by atoms with Crippen molar-refractivity contribution in [3.8, 4) is 5.82 Å². The Labute approximate surface area is 189 Å². The van der Waals surface area contributed by atoms with E-state index < -0.39 is 6.03 Å². The summed E-state index contributed by atoms with van der Waals surface area (Å²) in [7, 11) is 1.60. The summed E-state index contributed by atoms with van der Waals surface area (Å²) in [5.74, 6) is 0.372. The lowest BCUT2D eigenvalue weighted by molar-refractivity contribution is 0.121. The van der Waals surface area contributed by atoms with Crippen LogP contribution >= 0.6 is 11.6 Å². The number of carbonyl (C=O) groups is 1. The van der Waals surface area contributed by atoms with Crippen molar-refractivity contribution in [1.82, 2.24) is 29.9 Å². The van der Waals surface area contributed by atoms with Crippen molar-refractivity contribution in [2.45, 2.75) is 26.9 Å². The van der Waals surface area contributed by atoms with Gasteiger partial charge in [0.15, 0.2) is 5.82 Å². The van der Waals surface area contributed by atoms with Gasteiger partial charge in [-0.05, 0) is 39.0 Å². The molecule has 4 aromatic rings. The first-order valence-electron chi connectivity index (χ1n) is 9.78. The Balaban J connectivity index is 1.63. The second kappa shape index (κ2) is 8.85. The summed E-state index contributed by atoms with van der Waals surface area (Å²) < 4.78 is 5.53. The molecule has 164 valence electrons. The number of nitrogens with one attached hydrogen (secondary N) is 2. The summed E-state index contributed by atoms with van der Waals surface area (Å²) in [4.78, 5) is 27.6. The highest BCUT2D eigenvalue weighted by Gasteiger charge is 2.19. The Hall–Kier alpha value is -3.63. The van der Waals surface area contributed by atoms with E-state index in [0.29, 0.717) is 33.4 Å². The minimum atomic E-state index is -0.478. The highest BCUT2D eigenvalue weighted by atomic mass is 35.5. The van der Waals surface area contributed by atoms with Crippen LogP contribution in [-0.4, -0.2) is 43.1 Å². The van der Waals surface area contributed by atoms with Gasteiger partial charge in [0.05, 0.1) is 57.8 Å². The zero-order chi connectivity index (χ0) is 22.8. The van der Waals surface area contributed by atoms with Gasteiger partial charge in [0.1, 0.15) is 0 Å². The molecule has 4 aromatic heterocycles. The molecule has 0 aliphatic carbocycles. The number of carbonyl (C=O) groups excluding carboxylic acids is 1. The normalized spacial score (nSPS) is 12.0. The van der Waals surface area contributed by atoms with Crippen LogP contribution in [0.5, 0.6) is 0 Å². The predicted molar refractivity (Wildman–Crippen MR) is 121 cm³/mol. The fourth-order valence-electron chi connectivity index (χ4n) is 3.25. The highest BCUT2D eigenvalue weighted by Crippen LogP contribution is 2.31. The van der Waals surface area contributed by atoms with Crippen molar-refractivity contribution < 1.29 is 9.53 Å². The van der Waals surface area contributed by atoms with Gasteiger partial charge in [0.2, 0.25) is 0 Å². The third-order valence-corrected chi connectivity index (χ3v) is 5.18. The number of aromatic nitrogens is 6. The smallest absolute Gasteiger partial charge is 0.323 e. The molecule has 0 bridgehead atoms. The van der Waals surface area contributed by atoms with Gasteiger partial charge in [-0.25, -0.2) is 9.78 Å². The molecule has 32 heavy (non-hydrogen) atoms. The Kier molecular flexibility index (Phi) is 5.97. The molecular formula is C21H21ClN8O2. The predicted octanol–water partition coefficient (Wildman–Crippen LogP) is 4.23. The molecule has 0 fully saturated rings. The lowest BCUT2D eigenvalue weighted by Gasteiger charge is -2.18. The molecule has 11 heteroatoms. The Morgan fingerprint density at radius 1 is 1.12 bits per heavy atom. The van der Waals surface area contributed by atoms with E-state index in [1.807, 2.05) is 26.0 Å². The fraction of sp³-hybridized carbons (Fsp3) is 0.238. The Bertz CT molecular complexity index is 1290. The number of urea groups is 1. The van der Waals surface area contributed by atoms with E-state index in [1.165, 1.54) is 17.2 Å². The molecule has 0 radical (unpaired) electrons. The van der Waals surface area contributed by atoms with Crippen LogP contribution in [0.2, 0.25) is 5.02 Å². The molecule has 0 unspecified atom stereocenters. The van der Waals surface area contributed by atoms with Gasteiger partial charge in [-0.15, -0.1) is 4.80 Å². The van der Waals surface area contributed by atoms with Gasteiger partial charge in [-0.3, -0.25) is 9.97 Å². The van der Waals surface area contributed by atoms with Gasteiger partial charge >= 0.3 is 6.03 Å². The summed E-state index contributed by atoms with van der Waals surface area (Å²) in [6, 6.07) is 4.90. The van der Waals surface area contributed by atoms with Crippen LogP contribution in [0.3, 0.4) is 0 Å². The first-order valence-corrected chi connectivity index (χ1v) is 10.2. The molecule has 0 saturated carbocycles. The zero-order valence-electron chi connectivity index (χ0n) is 17.9.